The number of carbonyl (C=O) groups excluding carboxylic acids is 3. The summed E-state index contributed by atoms with van der Waals surface area (Å²) in [6.07, 6.45) is 2.95. The van der Waals surface area contributed by atoms with Gasteiger partial charge in [0.1, 0.15) is 6.61 Å². The monoisotopic (exact) mass is 603 g/mol. The number of halogens is 1. The molecular formula is C33H34ClN3O6. The molecule has 3 amide bonds. The highest BCUT2D eigenvalue weighted by Gasteiger charge is 2.52. The number of fused-ring (bicyclic) bond motifs is 1. The summed E-state index contributed by atoms with van der Waals surface area (Å²) in [5.74, 6) is -1.38. The van der Waals surface area contributed by atoms with Crippen molar-refractivity contribution >= 4 is 40.9 Å². The number of anilines is 2. The summed E-state index contributed by atoms with van der Waals surface area (Å²) in [6.45, 7) is 3.05. The molecule has 1 saturated heterocycles. The second kappa shape index (κ2) is 13.0. The lowest BCUT2D eigenvalue weighted by Crippen LogP contribution is -2.44. The van der Waals surface area contributed by atoms with Crippen LogP contribution >= 0.6 is 11.6 Å². The van der Waals surface area contributed by atoms with Gasteiger partial charge in [-0.15, -0.1) is 0 Å². The lowest BCUT2D eigenvalue weighted by atomic mass is 9.83. The maximum absolute atomic E-state index is 13.9. The lowest BCUT2D eigenvalue weighted by molar-refractivity contribution is -0.139. The Bertz CT molecular complexity index is 1530. The average Bonchev–Trinajstić information content (AvgIpc) is 3.53. The van der Waals surface area contributed by atoms with Gasteiger partial charge < -0.3 is 24.7 Å². The number of nitrogens with zero attached hydrogens (tertiary/aromatic N) is 3. The van der Waals surface area contributed by atoms with Crippen LogP contribution in [0, 0.1) is 5.92 Å². The average molecular weight is 604 g/mol. The molecule has 3 aromatic rings. The quantitative estimate of drug-likeness (QED) is 0.309. The Morgan fingerprint density at radius 3 is 2.58 bits per heavy atom. The summed E-state index contributed by atoms with van der Waals surface area (Å²) in [7, 11) is 0. The standard InChI is InChI=1S/C33H34ClN3O6/c1-23(7-5-12-30(39)35(15-17-38)21-24-8-3-2-4-9-24)33(42)28-20-26(34)13-14-29(28)37(31(33)40)22-25-10-6-11-27(19-25)36-16-18-43-32(36)41/h2-11,13-14,19-20,23,38,42H,12,15-18,21-22H2,1H3/b7-5+/t23-,33+/m0/s1. The molecule has 0 saturated carbocycles. The molecule has 2 atom stereocenters. The summed E-state index contributed by atoms with van der Waals surface area (Å²) >= 11 is 6.32. The fourth-order valence-corrected chi connectivity index (χ4v) is 5.74. The van der Waals surface area contributed by atoms with Gasteiger partial charge in [-0.1, -0.05) is 73.1 Å². The number of benzene rings is 3. The minimum absolute atomic E-state index is 0.0410. The van der Waals surface area contributed by atoms with Gasteiger partial charge in [-0.05, 0) is 41.5 Å². The molecule has 0 spiro atoms. The number of aliphatic hydroxyl groups excluding tert-OH is 1. The summed E-state index contributed by atoms with van der Waals surface area (Å²) < 4.78 is 5.06. The van der Waals surface area contributed by atoms with E-state index in [2.05, 4.69) is 0 Å². The highest BCUT2D eigenvalue weighted by Crippen LogP contribution is 2.46. The molecule has 5 rings (SSSR count). The van der Waals surface area contributed by atoms with E-state index >= 15 is 0 Å². The van der Waals surface area contributed by atoms with Crippen LogP contribution in [0.5, 0.6) is 0 Å². The third kappa shape index (κ3) is 6.29. The van der Waals surface area contributed by atoms with Crippen LogP contribution in [-0.4, -0.2) is 59.3 Å². The minimum atomic E-state index is -1.91. The first kappa shape index (κ1) is 30.3. The van der Waals surface area contributed by atoms with Crippen LogP contribution < -0.4 is 9.80 Å². The van der Waals surface area contributed by atoms with Crippen molar-refractivity contribution in [2.45, 2.75) is 32.0 Å². The molecule has 0 aromatic heterocycles. The van der Waals surface area contributed by atoms with Crippen LogP contribution in [0.1, 0.15) is 30.0 Å². The van der Waals surface area contributed by atoms with Crippen LogP contribution in [0.15, 0.2) is 84.9 Å². The van der Waals surface area contributed by atoms with Crippen LogP contribution in [0.3, 0.4) is 0 Å². The minimum Gasteiger partial charge on any atom is -0.447 e. The summed E-state index contributed by atoms with van der Waals surface area (Å²) in [5.41, 5.74) is 1.40. The third-order valence-electron chi connectivity index (χ3n) is 7.87. The number of ether oxygens (including phenoxy) is 1. The first-order chi connectivity index (χ1) is 20.7. The summed E-state index contributed by atoms with van der Waals surface area (Å²) in [6, 6.07) is 21.8. The maximum Gasteiger partial charge on any atom is 0.414 e. The molecule has 9 nitrogen and oxygen atoms in total. The number of hydrogen-bond donors (Lipinski definition) is 2. The van der Waals surface area contributed by atoms with Crippen molar-refractivity contribution in [3.05, 3.63) is 107 Å². The number of cyclic esters (lactones) is 1. The molecule has 2 heterocycles. The zero-order valence-electron chi connectivity index (χ0n) is 23.9. The molecule has 2 aliphatic rings. The van der Waals surface area contributed by atoms with E-state index in [-0.39, 0.29) is 32.0 Å². The van der Waals surface area contributed by atoms with Gasteiger partial charge in [0.15, 0.2) is 5.60 Å². The Morgan fingerprint density at radius 1 is 1.09 bits per heavy atom. The van der Waals surface area contributed by atoms with E-state index in [0.717, 1.165) is 11.1 Å². The third-order valence-corrected chi connectivity index (χ3v) is 8.11. The van der Waals surface area contributed by atoms with Gasteiger partial charge in [0, 0.05) is 41.7 Å². The van der Waals surface area contributed by atoms with Gasteiger partial charge in [-0.3, -0.25) is 14.5 Å². The predicted octanol–water partition coefficient (Wildman–Crippen LogP) is 4.63. The van der Waals surface area contributed by atoms with E-state index in [0.29, 0.717) is 41.7 Å². The molecule has 224 valence electrons. The van der Waals surface area contributed by atoms with Gasteiger partial charge in [0.25, 0.3) is 5.91 Å². The van der Waals surface area contributed by atoms with Crippen LogP contribution in [0.25, 0.3) is 0 Å². The van der Waals surface area contributed by atoms with E-state index in [1.165, 1.54) is 9.80 Å². The summed E-state index contributed by atoms with van der Waals surface area (Å²) in [4.78, 5) is 43.6. The Labute approximate surface area is 255 Å². The topological polar surface area (TPSA) is 111 Å². The fourth-order valence-electron chi connectivity index (χ4n) is 5.57. The molecule has 1 fully saturated rings. The van der Waals surface area contributed by atoms with E-state index < -0.39 is 23.5 Å². The van der Waals surface area contributed by atoms with Crippen molar-refractivity contribution in [3.8, 4) is 0 Å². The zero-order valence-corrected chi connectivity index (χ0v) is 24.6. The SMILES string of the molecule is C[C@@H](/C=C/CC(=O)N(CCO)Cc1ccccc1)[C@]1(O)C(=O)N(Cc2cccc(N3CCOC3=O)c2)c2ccc(Cl)cc21. The van der Waals surface area contributed by atoms with Gasteiger partial charge >= 0.3 is 6.09 Å². The Hall–Kier alpha value is -4.18. The normalized spacial score (nSPS) is 18.7. The fraction of sp³-hybridized carbons (Fsp3) is 0.303. The maximum atomic E-state index is 13.9. The molecule has 2 N–H and O–H groups in total. The van der Waals surface area contributed by atoms with Gasteiger partial charge in [0.2, 0.25) is 5.91 Å². The van der Waals surface area contributed by atoms with E-state index in [9.17, 15) is 24.6 Å². The smallest absolute Gasteiger partial charge is 0.414 e. The Kier molecular flexibility index (Phi) is 9.15. The van der Waals surface area contributed by atoms with Gasteiger partial charge in [-0.25, -0.2) is 4.79 Å². The number of amides is 3. The van der Waals surface area contributed by atoms with E-state index in [4.69, 9.17) is 16.3 Å². The molecule has 0 unspecified atom stereocenters. The van der Waals surface area contributed by atoms with E-state index in [1.807, 2.05) is 54.6 Å². The molecule has 2 aliphatic heterocycles. The first-order valence-corrected chi connectivity index (χ1v) is 14.6. The molecule has 0 aliphatic carbocycles. The largest absolute Gasteiger partial charge is 0.447 e. The van der Waals surface area contributed by atoms with E-state index in [1.54, 1.807) is 42.2 Å². The zero-order chi connectivity index (χ0) is 30.6. The highest BCUT2D eigenvalue weighted by molar-refractivity contribution is 6.31. The molecule has 43 heavy (non-hydrogen) atoms. The number of aliphatic hydroxyl groups is 2. The van der Waals surface area contributed by atoms with Crippen molar-refractivity contribution < 1.29 is 29.3 Å². The molecule has 0 bridgehead atoms. The van der Waals surface area contributed by atoms with Crippen molar-refractivity contribution in [3.63, 3.8) is 0 Å². The summed E-state index contributed by atoms with van der Waals surface area (Å²) in [5, 5.41) is 21.8. The number of hydrogen-bond acceptors (Lipinski definition) is 6. The van der Waals surface area contributed by atoms with Crippen molar-refractivity contribution in [1.29, 1.82) is 0 Å². The first-order valence-electron chi connectivity index (χ1n) is 14.2. The molecule has 3 aromatic carbocycles. The van der Waals surface area contributed by atoms with Crippen molar-refractivity contribution in [2.75, 3.05) is 36.1 Å². The second-order valence-electron chi connectivity index (χ2n) is 10.7. The second-order valence-corrected chi connectivity index (χ2v) is 11.1. The number of carbonyl (C=O) groups is 3. The Morgan fingerprint density at radius 2 is 1.86 bits per heavy atom. The van der Waals surface area contributed by atoms with Gasteiger partial charge in [0.05, 0.1) is 25.4 Å². The molecule has 0 radical (unpaired) electrons. The van der Waals surface area contributed by atoms with Crippen LogP contribution in [-0.2, 0) is 33.0 Å². The lowest BCUT2D eigenvalue weighted by Gasteiger charge is -2.28. The van der Waals surface area contributed by atoms with Crippen molar-refractivity contribution in [2.24, 2.45) is 5.92 Å². The van der Waals surface area contributed by atoms with Crippen molar-refractivity contribution in [1.82, 2.24) is 4.90 Å². The van der Waals surface area contributed by atoms with Crippen LogP contribution in [0.2, 0.25) is 5.02 Å². The Balaban J connectivity index is 1.34. The predicted molar refractivity (Wildman–Crippen MR) is 164 cm³/mol. The molecular weight excluding hydrogens is 570 g/mol. The highest BCUT2D eigenvalue weighted by atomic mass is 35.5. The van der Waals surface area contributed by atoms with Gasteiger partial charge in [-0.2, -0.15) is 0 Å². The number of rotatable bonds is 11. The van der Waals surface area contributed by atoms with Crippen LogP contribution in [0.4, 0.5) is 16.2 Å². The molecule has 10 heteroatoms.